The van der Waals surface area contributed by atoms with Gasteiger partial charge in [0.25, 0.3) is 5.91 Å². The number of rotatable bonds is 6. The van der Waals surface area contributed by atoms with Gasteiger partial charge >= 0.3 is 6.03 Å². The number of hydrogen-bond acceptors (Lipinski definition) is 7. The molecule has 204 valence electrons. The Morgan fingerprint density at radius 1 is 0.949 bits per heavy atom. The third-order valence-electron chi connectivity index (χ3n) is 7.11. The highest BCUT2D eigenvalue weighted by Crippen LogP contribution is 2.30. The van der Waals surface area contributed by atoms with Gasteiger partial charge in [0.15, 0.2) is 5.78 Å². The summed E-state index contributed by atoms with van der Waals surface area (Å²) in [6.45, 7) is 7.30. The molecule has 2 aromatic carbocycles. The average Bonchev–Trinajstić information content (AvgIpc) is 3.17. The number of anilines is 2. The summed E-state index contributed by atoms with van der Waals surface area (Å²) in [4.78, 5) is 51.6. The Morgan fingerprint density at radius 3 is 2.08 bits per heavy atom. The number of ketones is 1. The highest BCUT2D eigenvalue weighted by Gasteiger charge is 2.44. The number of aliphatic hydroxyl groups excluding tert-OH is 1. The molecule has 1 atom stereocenters. The van der Waals surface area contributed by atoms with Gasteiger partial charge in [-0.05, 0) is 62.8 Å². The van der Waals surface area contributed by atoms with E-state index in [-0.39, 0.29) is 30.2 Å². The van der Waals surface area contributed by atoms with Gasteiger partial charge in [0.1, 0.15) is 6.04 Å². The van der Waals surface area contributed by atoms with E-state index in [4.69, 9.17) is 5.11 Å². The number of imide groups is 1. The van der Waals surface area contributed by atoms with Crippen LogP contribution in [0.15, 0.2) is 67.0 Å². The third kappa shape index (κ3) is 6.31. The number of nitrogens with zero attached hydrogens (tertiary/aromatic N) is 5. The SMILES string of the molecule is CC(=O)c1cnc(N2CCC(CN3C(=O)N(c4ccc(-c5ccccc5)cc4)C(=O)C3C)CC2)nc1.CCO. The Balaban J connectivity index is 0.00000112. The largest absolute Gasteiger partial charge is 0.397 e. The fourth-order valence-electron chi connectivity index (χ4n) is 4.88. The molecule has 0 saturated carbocycles. The first-order chi connectivity index (χ1) is 18.8. The molecule has 0 spiro atoms. The highest BCUT2D eigenvalue weighted by atomic mass is 16.2. The van der Waals surface area contributed by atoms with Gasteiger partial charge in [0.2, 0.25) is 5.95 Å². The van der Waals surface area contributed by atoms with Crippen molar-refractivity contribution in [2.75, 3.05) is 36.0 Å². The second-order valence-electron chi connectivity index (χ2n) is 9.77. The molecule has 2 fully saturated rings. The number of carbonyl (C=O) groups excluding carboxylic acids is 3. The average molecular weight is 530 g/mol. The van der Waals surface area contributed by atoms with Crippen molar-refractivity contribution < 1.29 is 19.5 Å². The molecule has 0 bridgehead atoms. The molecule has 3 aromatic rings. The van der Waals surface area contributed by atoms with Crippen molar-refractivity contribution in [1.29, 1.82) is 0 Å². The van der Waals surface area contributed by atoms with E-state index in [9.17, 15) is 14.4 Å². The molecule has 0 radical (unpaired) electrons. The van der Waals surface area contributed by atoms with E-state index in [0.29, 0.717) is 23.7 Å². The second kappa shape index (κ2) is 12.6. The molecule has 5 rings (SSSR count). The summed E-state index contributed by atoms with van der Waals surface area (Å²) in [5.41, 5.74) is 3.22. The van der Waals surface area contributed by atoms with Crippen molar-refractivity contribution in [2.24, 2.45) is 5.92 Å². The van der Waals surface area contributed by atoms with Crippen LogP contribution < -0.4 is 9.80 Å². The molecule has 39 heavy (non-hydrogen) atoms. The second-order valence-corrected chi connectivity index (χ2v) is 9.77. The van der Waals surface area contributed by atoms with Crippen molar-refractivity contribution in [1.82, 2.24) is 14.9 Å². The van der Waals surface area contributed by atoms with Crippen molar-refractivity contribution in [3.05, 3.63) is 72.6 Å². The van der Waals surface area contributed by atoms with Gasteiger partial charge in [-0.25, -0.2) is 19.7 Å². The lowest BCUT2D eigenvalue weighted by atomic mass is 9.96. The number of aromatic nitrogens is 2. The molecule has 9 heteroatoms. The molecular formula is C30H35N5O4. The maximum Gasteiger partial charge on any atom is 0.332 e. The number of urea groups is 1. The fraction of sp³-hybridized carbons (Fsp3) is 0.367. The number of piperidine rings is 1. The zero-order chi connectivity index (χ0) is 27.9. The lowest BCUT2D eigenvalue weighted by molar-refractivity contribution is -0.119. The summed E-state index contributed by atoms with van der Waals surface area (Å²) in [5.74, 6) is 0.658. The van der Waals surface area contributed by atoms with E-state index in [0.717, 1.165) is 37.1 Å². The minimum absolute atomic E-state index is 0.0552. The maximum atomic E-state index is 13.3. The first-order valence-corrected chi connectivity index (χ1v) is 13.3. The summed E-state index contributed by atoms with van der Waals surface area (Å²) < 4.78 is 0. The monoisotopic (exact) mass is 529 g/mol. The van der Waals surface area contributed by atoms with Gasteiger partial charge in [-0.3, -0.25) is 9.59 Å². The summed E-state index contributed by atoms with van der Waals surface area (Å²) >= 11 is 0. The van der Waals surface area contributed by atoms with Crippen LogP contribution in [0.2, 0.25) is 0 Å². The lowest BCUT2D eigenvalue weighted by Crippen LogP contribution is -2.42. The third-order valence-corrected chi connectivity index (χ3v) is 7.11. The first-order valence-electron chi connectivity index (χ1n) is 13.3. The summed E-state index contributed by atoms with van der Waals surface area (Å²) in [7, 11) is 0. The normalized spacial score (nSPS) is 17.7. The number of Topliss-reactive ketones (excluding diaryl/α,β-unsaturated/α-hetero) is 1. The van der Waals surface area contributed by atoms with E-state index < -0.39 is 6.04 Å². The summed E-state index contributed by atoms with van der Waals surface area (Å²) in [6.07, 6.45) is 4.87. The van der Waals surface area contributed by atoms with Gasteiger partial charge in [0, 0.05) is 38.6 Å². The molecular weight excluding hydrogens is 494 g/mol. The van der Waals surface area contributed by atoms with E-state index in [1.165, 1.54) is 11.8 Å². The van der Waals surface area contributed by atoms with Crippen LogP contribution in [0.1, 0.15) is 44.0 Å². The number of hydrogen-bond donors (Lipinski definition) is 1. The van der Waals surface area contributed by atoms with Gasteiger partial charge in [-0.15, -0.1) is 0 Å². The van der Waals surface area contributed by atoms with Crippen molar-refractivity contribution in [3.63, 3.8) is 0 Å². The van der Waals surface area contributed by atoms with Crippen LogP contribution >= 0.6 is 0 Å². The molecule has 3 heterocycles. The van der Waals surface area contributed by atoms with E-state index >= 15 is 0 Å². The topological polar surface area (TPSA) is 107 Å². The Labute approximate surface area is 229 Å². The standard InChI is InChI=1S/C28H29N5O3.C2H6O/c1-19-26(35)33(25-10-8-23(9-11-25)22-6-4-3-5-7-22)28(36)32(19)18-21-12-14-31(15-13-21)27-29-16-24(17-30-27)20(2)34;1-2-3/h3-11,16-17,19,21H,12-15,18H2,1-2H3;3H,2H2,1H3. The Morgan fingerprint density at radius 2 is 1.51 bits per heavy atom. The Hall–Kier alpha value is -4.11. The predicted octanol–water partition coefficient (Wildman–Crippen LogP) is 4.42. The molecule has 2 aliphatic heterocycles. The van der Waals surface area contributed by atoms with Gasteiger partial charge < -0.3 is 14.9 Å². The van der Waals surface area contributed by atoms with Crippen LogP contribution in [0, 0.1) is 5.92 Å². The van der Waals surface area contributed by atoms with E-state index in [1.54, 1.807) is 31.1 Å². The Bertz CT molecular complexity index is 1270. The lowest BCUT2D eigenvalue weighted by Gasteiger charge is -2.34. The molecule has 2 aliphatic rings. The van der Waals surface area contributed by atoms with E-state index in [1.807, 2.05) is 54.6 Å². The minimum atomic E-state index is -0.494. The summed E-state index contributed by atoms with van der Waals surface area (Å²) in [5, 5.41) is 7.57. The predicted molar refractivity (Wildman–Crippen MR) is 151 cm³/mol. The zero-order valence-corrected chi connectivity index (χ0v) is 22.7. The quantitative estimate of drug-likeness (QED) is 0.372. The molecule has 2 saturated heterocycles. The number of amides is 3. The minimum Gasteiger partial charge on any atom is -0.397 e. The first kappa shape index (κ1) is 27.9. The molecule has 0 aliphatic carbocycles. The van der Waals surface area contributed by atoms with E-state index in [2.05, 4.69) is 14.9 Å². The van der Waals surface area contributed by atoms with Crippen molar-refractivity contribution >= 4 is 29.4 Å². The summed E-state index contributed by atoms with van der Waals surface area (Å²) in [6, 6.07) is 16.8. The van der Waals surface area contributed by atoms with Gasteiger partial charge in [-0.1, -0.05) is 42.5 Å². The smallest absolute Gasteiger partial charge is 0.332 e. The van der Waals surface area contributed by atoms with Crippen LogP contribution in [-0.4, -0.2) is 70.0 Å². The Kier molecular flexibility index (Phi) is 9.03. The van der Waals surface area contributed by atoms with Crippen molar-refractivity contribution in [2.45, 2.75) is 39.7 Å². The zero-order valence-electron chi connectivity index (χ0n) is 22.7. The van der Waals surface area contributed by atoms with Crippen LogP contribution in [0.4, 0.5) is 16.4 Å². The number of carbonyl (C=O) groups is 3. The maximum absolute atomic E-state index is 13.3. The fourth-order valence-corrected chi connectivity index (χ4v) is 4.88. The van der Waals surface area contributed by atoms with Crippen LogP contribution in [0.3, 0.4) is 0 Å². The van der Waals surface area contributed by atoms with Gasteiger partial charge in [-0.2, -0.15) is 0 Å². The number of benzene rings is 2. The molecule has 1 aromatic heterocycles. The number of aliphatic hydroxyl groups is 1. The van der Waals surface area contributed by atoms with Crippen LogP contribution in [0.5, 0.6) is 0 Å². The van der Waals surface area contributed by atoms with Crippen molar-refractivity contribution in [3.8, 4) is 11.1 Å². The van der Waals surface area contributed by atoms with Gasteiger partial charge in [0.05, 0.1) is 11.3 Å². The molecule has 1 unspecified atom stereocenters. The highest BCUT2D eigenvalue weighted by molar-refractivity contribution is 6.21. The molecule has 1 N–H and O–H groups in total. The van der Waals surface area contributed by atoms with Crippen LogP contribution in [0.25, 0.3) is 11.1 Å². The van der Waals surface area contributed by atoms with Crippen LogP contribution in [-0.2, 0) is 4.79 Å². The molecule has 9 nitrogen and oxygen atoms in total. The molecule has 3 amide bonds.